The van der Waals surface area contributed by atoms with Gasteiger partial charge in [-0.1, -0.05) is 17.7 Å². The number of likely N-dealkylation sites (N-methyl/N-ethyl adjacent to an activating group) is 1. The van der Waals surface area contributed by atoms with Crippen LogP contribution < -0.4 is 10.6 Å². The van der Waals surface area contributed by atoms with Crippen molar-refractivity contribution >= 4 is 17.3 Å². The number of hydrogen-bond donors (Lipinski definition) is 2. The first kappa shape index (κ1) is 12.7. The van der Waals surface area contributed by atoms with Crippen molar-refractivity contribution in [2.45, 2.75) is 12.5 Å². The smallest absolute Gasteiger partial charge is 0.0426 e. The van der Waals surface area contributed by atoms with Crippen molar-refractivity contribution in [3.63, 3.8) is 0 Å². The van der Waals surface area contributed by atoms with E-state index in [1.807, 2.05) is 24.3 Å². The van der Waals surface area contributed by atoms with Crippen molar-refractivity contribution in [1.82, 2.24) is 10.2 Å². The van der Waals surface area contributed by atoms with E-state index in [1.54, 1.807) is 0 Å². The largest absolute Gasteiger partial charge is 0.385 e. The van der Waals surface area contributed by atoms with Gasteiger partial charge in [-0.3, -0.25) is 0 Å². The molecule has 2 rings (SSSR count). The SMILES string of the molecule is CN1CCNC(CCNc2cccc(Cl)c2)C1. The highest BCUT2D eigenvalue weighted by molar-refractivity contribution is 6.30. The first-order valence-corrected chi connectivity index (χ1v) is 6.53. The van der Waals surface area contributed by atoms with Crippen molar-refractivity contribution in [1.29, 1.82) is 0 Å². The second kappa shape index (κ2) is 6.24. The molecule has 1 heterocycles. The van der Waals surface area contributed by atoms with Gasteiger partial charge in [0.1, 0.15) is 0 Å². The number of anilines is 1. The Bertz CT molecular complexity index is 356. The van der Waals surface area contributed by atoms with E-state index >= 15 is 0 Å². The van der Waals surface area contributed by atoms with E-state index in [0.717, 1.165) is 43.3 Å². The van der Waals surface area contributed by atoms with Gasteiger partial charge in [0.15, 0.2) is 0 Å². The Labute approximate surface area is 108 Å². The summed E-state index contributed by atoms with van der Waals surface area (Å²) >= 11 is 5.93. The predicted molar refractivity (Wildman–Crippen MR) is 73.8 cm³/mol. The normalized spacial score (nSPS) is 21.4. The summed E-state index contributed by atoms with van der Waals surface area (Å²) in [6.45, 7) is 4.36. The summed E-state index contributed by atoms with van der Waals surface area (Å²) in [6, 6.07) is 8.47. The molecule has 1 saturated heterocycles. The first-order valence-electron chi connectivity index (χ1n) is 6.15. The molecule has 0 aliphatic carbocycles. The Hall–Kier alpha value is -0.770. The zero-order valence-corrected chi connectivity index (χ0v) is 11.0. The molecule has 4 heteroatoms. The Morgan fingerprint density at radius 2 is 2.41 bits per heavy atom. The molecule has 1 aromatic rings. The van der Waals surface area contributed by atoms with E-state index in [4.69, 9.17) is 11.6 Å². The number of nitrogens with zero attached hydrogens (tertiary/aromatic N) is 1. The van der Waals surface area contributed by atoms with Crippen LogP contribution >= 0.6 is 11.6 Å². The summed E-state index contributed by atoms with van der Waals surface area (Å²) in [5.41, 5.74) is 1.10. The van der Waals surface area contributed by atoms with Gasteiger partial charge in [0.2, 0.25) is 0 Å². The van der Waals surface area contributed by atoms with Crippen molar-refractivity contribution in [3.8, 4) is 0 Å². The maximum Gasteiger partial charge on any atom is 0.0426 e. The van der Waals surface area contributed by atoms with Crippen LogP contribution in [0.1, 0.15) is 6.42 Å². The highest BCUT2D eigenvalue weighted by Gasteiger charge is 2.15. The van der Waals surface area contributed by atoms with Crippen LogP contribution in [0.15, 0.2) is 24.3 Å². The third kappa shape index (κ3) is 4.19. The molecular weight excluding hydrogens is 234 g/mol. The van der Waals surface area contributed by atoms with Gasteiger partial charge in [0, 0.05) is 42.9 Å². The van der Waals surface area contributed by atoms with Crippen molar-refractivity contribution in [3.05, 3.63) is 29.3 Å². The molecule has 2 N–H and O–H groups in total. The van der Waals surface area contributed by atoms with E-state index in [1.165, 1.54) is 0 Å². The van der Waals surface area contributed by atoms with Crippen LogP contribution in [-0.4, -0.2) is 44.2 Å². The standard InChI is InChI=1S/C13H20ClN3/c1-17-8-7-16-13(10-17)5-6-15-12-4-2-3-11(14)9-12/h2-4,9,13,15-16H,5-8,10H2,1H3. The first-order chi connectivity index (χ1) is 8.24. The fourth-order valence-corrected chi connectivity index (χ4v) is 2.36. The summed E-state index contributed by atoms with van der Waals surface area (Å²) in [7, 11) is 2.18. The lowest BCUT2D eigenvalue weighted by Gasteiger charge is -2.31. The van der Waals surface area contributed by atoms with Crippen molar-refractivity contribution in [2.24, 2.45) is 0 Å². The van der Waals surface area contributed by atoms with E-state index < -0.39 is 0 Å². The fraction of sp³-hybridized carbons (Fsp3) is 0.538. The van der Waals surface area contributed by atoms with Crippen LogP contribution in [0.3, 0.4) is 0 Å². The highest BCUT2D eigenvalue weighted by Crippen LogP contribution is 2.14. The van der Waals surface area contributed by atoms with Crippen LogP contribution in [0.25, 0.3) is 0 Å². The van der Waals surface area contributed by atoms with Gasteiger partial charge in [-0.15, -0.1) is 0 Å². The Balaban J connectivity index is 1.72. The lowest BCUT2D eigenvalue weighted by molar-refractivity contribution is 0.234. The minimum atomic E-state index is 0.598. The molecule has 0 aromatic heterocycles. The van der Waals surface area contributed by atoms with E-state index in [-0.39, 0.29) is 0 Å². The minimum Gasteiger partial charge on any atom is -0.385 e. The Morgan fingerprint density at radius 1 is 1.53 bits per heavy atom. The zero-order valence-electron chi connectivity index (χ0n) is 10.2. The number of rotatable bonds is 4. The minimum absolute atomic E-state index is 0.598. The molecule has 17 heavy (non-hydrogen) atoms. The van der Waals surface area contributed by atoms with Gasteiger partial charge in [-0.05, 0) is 31.7 Å². The number of halogens is 1. The summed E-state index contributed by atoms with van der Waals surface area (Å²) in [5, 5.41) is 7.73. The lowest BCUT2D eigenvalue weighted by atomic mass is 10.1. The van der Waals surface area contributed by atoms with Crippen LogP contribution in [0, 0.1) is 0 Å². The Kier molecular flexibility index (Phi) is 4.66. The molecule has 1 unspecified atom stereocenters. The van der Waals surface area contributed by atoms with Crippen LogP contribution in [-0.2, 0) is 0 Å². The number of piperazine rings is 1. The summed E-state index contributed by atoms with van der Waals surface area (Å²) in [6.07, 6.45) is 1.14. The maximum absolute atomic E-state index is 5.93. The molecule has 94 valence electrons. The average molecular weight is 254 g/mol. The van der Waals surface area contributed by atoms with Gasteiger partial charge in [0.05, 0.1) is 0 Å². The van der Waals surface area contributed by atoms with Gasteiger partial charge in [-0.2, -0.15) is 0 Å². The number of nitrogens with one attached hydrogen (secondary N) is 2. The van der Waals surface area contributed by atoms with Crippen LogP contribution in [0.2, 0.25) is 5.02 Å². The molecule has 1 aromatic carbocycles. The molecule has 1 fully saturated rings. The molecule has 0 radical (unpaired) electrons. The van der Waals surface area contributed by atoms with E-state index in [9.17, 15) is 0 Å². The fourth-order valence-electron chi connectivity index (χ4n) is 2.17. The molecule has 0 spiro atoms. The van der Waals surface area contributed by atoms with Crippen LogP contribution in [0.5, 0.6) is 0 Å². The monoisotopic (exact) mass is 253 g/mol. The molecule has 1 aliphatic heterocycles. The van der Waals surface area contributed by atoms with E-state index in [2.05, 4.69) is 22.6 Å². The van der Waals surface area contributed by atoms with E-state index in [0.29, 0.717) is 6.04 Å². The van der Waals surface area contributed by atoms with Crippen molar-refractivity contribution < 1.29 is 0 Å². The zero-order chi connectivity index (χ0) is 12.1. The number of hydrogen-bond acceptors (Lipinski definition) is 3. The quantitative estimate of drug-likeness (QED) is 0.860. The van der Waals surface area contributed by atoms with Gasteiger partial charge < -0.3 is 15.5 Å². The summed E-state index contributed by atoms with van der Waals surface area (Å²) in [4.78, 5) is 2.38. The average Bonchev–Trinajstić information content (AvgIpc) is 2.29. The molecule has 0 amide bonds. The lowest BCUT2D eigenvalue weighted by Crippen LogP contribution is -2.49. The maximum atomic E-state index is 5.93. The molecule has 3 nitrogen and oxygen atoms in total. The van der Waals surface area contributed by atoms with Gasteiger partial charge >= 0.3 is 0 Å². The second-order valence-electron chi connectivity index (χ2n) is 4.64. The molecule has 0 bridgehead atoms. The topological polar surface area (TPSA) is 27.3 Å². The molecule has 1 aliphatic rings. The number of benzene rings is 1. The van der Waals surface area contributed by atoms with Gasteiger partial charge in [-0.25, -0.2) is 0 Å². The predicted octanol–water partition coefficient (Wildman–Crippen LogP) is 2.05. The molecule has 1 atom stereocenters. The third-order valence-corrected chi connectivity index (χ3v) is 3.34. The van der Waals surface area contributed by atoms with Crippen molar-refractivity contribution in [2.75, 3.05) is 38.5 Å². The third-order valence-electron chi connectivity index (χ3n) is 3.11. The molecule has 0 saturated carbocycles. The Morgan fingerprint density at radius 3 is 3.18 bits per heavy atom. The second-order valence-corrected chi connectivity index (χ2v) is 5.08. The highest BCUT2D eigenvalue weighted by atomic mass is 35.5. The van der Waals surface area contributed by atoms with Crippen LogP contribution in [0.4, 0.5) is 5.69 Å². The summed E-state index contributed by atoms with van der Waals surface area (Å²) < 4.78 is 0. The summed E-state index contributed by atoms with van der Waals surface area (Å²) in [5.74, 6) is 0. The molecular formula is C13H20ClN3. The van der Waals surface area contributed by atoms with Gasteiger partial charge in [0.25, 0.3) is 0 Å².